The summed E-state index contributed by atoms with van der Waals surface area (Å²) in [6.45, 7) is 9.47. The minimum atomic E-state index is -2.70. The summed E-state index contributed by atoms with van der Waals surface area (Å²) >= 11 is 0. The Morgan fingerprint density at radius 1 is 1.15 bits per heavy atom. The second kappa shape index (κ2) is 11.0. The molecule has 3 fully saturated rings. The Morgan fingerprint density at radius 3 is 2.42 bits per heavy atom. The molecule has 2 aromatic heterocycles. The fourth-order valence-electron chi connectivity index (χ4n) is 6.34. The molecule has 0 aromatic carbocycles. The molecular weight excluding hydrogens is 522 g/mol. The van der Waals surface area contributed by atoms with E-state index in [4.69, 9.17) is 20.7 Å². The zero-order valence-corrected chi connectivity index (χ0v) is 24.2. The number of halogens is 2. The molecule has 40 heavy (non-hydrogen) atoms. The third-order valence-electron chi connectivity index (χ3n) is 7.95. The number of carbonyl (C=O) groups excluding carboxylic acids is 1. The number of hydrogen-bond donors (Lipinski definition) is 3. The monoisotopic (exact) mass is 566 g/mol. The van der Waals surface area contributed by atoms with Gasteiger partial charge in [0.25, 0.3) is 5.92 Å². The maximum Gasteiger partial charge on any atom is 0.410 e. The lowest BCUT2D eigenvalue weighted by Crippen LogP contribution is -2.54. The van der Waals surface area contributed by atoms with Gasteiger partial charge in [0.15, 0.2) is 5.79 Å². The fourth-order valence-corrected chi connectivity index (χ4v) is 6.34. The van der Waals surface area contributed by atoms with Gasteiger partial charge in [-0.25, -0.2) is 23.5 Å². The summed E-state index contributed by atoms with van der Waals surface area (Å²) < 4.78 is 37.1. The Kier molecular flexibility index (Phi) is 8.37. The van der Waals surface area contributed by atoms with Gasteiger partial charge in [-0.15, -0.1) is 0 Å². The average molecular weight is 567 g/mol. The Bertz CT molecular complexity index is 1180. The topological polar surface area (TPSA) is 130 Å². The minimum Gasteiger partial charge on any atom is -0.444 e. The fraction of sp³-hybridized carbons (Fsp3) is 0.750. The van der Waals surface area contributed by atoms with Crippen LogP contribution in [0, 0.1) is 5.92 Å². The van der Waals surface area contributed by atoms with E-state index in [0.29, 0.717) is 44.2 Å². The van der Waals surface area contributed by atoms with Crippen molar-refractivity contribution >= 4 is 22.9 Å². The van der Waals surface area contributed by atoms with Crippen LogP contribution in [-0.4, -0.2) is 89.7 Å². The summed E-state index contributed by atoms with van der Waals surface area (Å²) in [6.07, 6.45) is 7.03. The van der Waals surface area contributed by atoms with Crippen molar-refractivity contribution in [1.29, 1.82) is 0 Å². The Balaban J connectivity index is 0.000000681. The van der Waals surface area contributed by atoms with Crippen LogP contribution in [0.25, 0.3) is 11.0 Å². The molecule has 0 bridgehead atoms. The molecule has 3 aliphatic rings. The second-order valence-electron chi connectivity index (χ2n) is 13.2. The van der Waals surface area contributed by atoms with E-state index in [9.17, 15) is 13.6 Å². The number of amides is 1. The van der Waals surface area contributed by atoms with E-state index in [1.807, 2.05) is 37.9 Å². The molecule has 12 heteroatoms. The van der Waals surface area contributed by atoms with Crippen LogP contribution in [0.5, 0.6) is 0 Å². The molecule has 1 spiro atoms. The second-order valence-corrected chi connectivity index (χ2v) is 13.2. The molecule has 1 amide bonds. The van der Waals surface area contributed by atoms with Crippen molar-refractivity contribution in [3.8, 4) is 0 Å². The van der Waals surface area contributed by atoms with E-state index in [0.717, 1.165) is 30.3 Å². The number of aromatic nitrogens is 3. The zero-order chi connectivity index (χ0) is 29.5. The molecule has 5 rings (SSSR count). The molecule has 1 aliphatic carbocycles. The molecule has 10 nitrogen and oxygen atoms in total. The number of piperidine rings is 1. The first-order chi connectivity index (χ1) is 18.4. The van der Waals surface area contributed by atoms with E-state index in [1.54, 1.807) is 4.90 Å². The first-order valence-electron chi connectivity index (χ1n) is 14.1. The van der Waals surface area contributed by atoms with Crippen LogP contribution in [0.4, 0.5) is 19.4 Å². The first-order valence-corrected chi connectivity index (χ1v) is 14.1. The molecule has 0 unspecified atom stereocenters. The summed E-state index contributed by atoms with van der Waals surface area (Å²) in [6, 6.07) is 2.23. The molecule has 2 aromatic rings. The maximum atomic E-state index is 14.7. The summed E-state index contributed by atoms with van der Waals surface area (Å²) in [5, 5.41) is 17.0. The van der Waals surface area contributed by atoms with Gasteiger partial charge < -0.3 is 30.2 Å². The van der Waals surface area contributed by atoms with Crippen LogP contribution < -0.4 is 5.73 Å². The number of anilines is 1. The number of nitrogens with two attached hydrogens (primary N) is 1. The minimum absolute atomic E-state index is 0.128. The molecule has 0 radical (unpaired) electrons. The number of nitrogen functional groups attached to an aromatic ring is 1. The lowest BCUT2D eigenvalue weighted by Gasteiger charge is -2.45. The summed E-state index contributed by atoms with van der Waals surface area (Å²) in [7, 11) is 0. The molecular formula is C28H44F2N6O4. The normalized spacial score (nSPS) is 24.8. The van der Waals surface area contributed by atoms with Crippen molar-refractivity contribution in [3.63, 3.8) is 0 Å². The van der Waals surface area contributed by atoms with Crippen LogP contribution in [0.1, 0.15) is 79.2 Å². The molecule has 4 heterocycles. The van der Waals surface area contributed by atoms with Gasteiger partial charge in [0, 0.05) is 43.8 Å². The quantitative estimate of drug-likeness (QED) is 0.472. The van der Waals surface area contributed by atoms with Crippen molar-refractivity contribution in [3.05, 3.63) is 18.6 Å². The Labute approximate surface area is 234 Å². The number of alkyl halides is 2. The van der Waals surface area contributed by atoms with Crippen LogP contribution in [-0.2, 0) is 4.74 Å². The lowest BCUT2D eigenvalue weighted by molar-refractivity contribution is -0.127. The molecule has 224 valence electrons. The van der Waals surface area contributed by atoms with Crippen LogP contribution >= 0.6 is 0 Å². The smallest absolute Gasteiger partial charge is 0.410 e. The third-order valence-corrected chi connectivity index (χ3v) is 7.95. The highest BCUT2D eigenvalue weighted by atomic mass is 19.3. The summed E-state index contributed by atoms with van der Waals surface area (Å²) in [5.41, 5.74) is 5.71. The predicted octanol–water partition coefficient (Wildman–Crippen LogP) is 4.17. The molecule has 2 atom stereocenters. The van der Waals surface area contributed by atoms with E-state index in [1.165, 1.54) is 20.2 Å². The highest BCUT2D eigenvalue weighted by Gasteiger charge is 2.56. The van der Waals surface area contributed by atoms with E-state index in [2.05, 4.69) is 14.5 Å². The zero-order valence-electron chi connectivity index (χ0n) is 24.2. The number of nitrogens with zero attached hydrogens (tertiary/aromatic N) is 5. The van der Waals surface area contributed by atoms with Crippen molar-refractivity contribution in [1.82, 2.24) is 24.3 Å². The summed E-state index contributed by atoms with van der Waals surface area (Å²) in [4.78, 5) is 24.7. The molecule has 2 saturated heterocycles. The number of ether oxygens (including phenoxy) is 1. The average Bonchev–Trinajstić information content (AvgIpc) is 3.49. The Morgan fingerprint density at radius 2 is 1.80 bits per heavy atom. The largest absolute Gasteiger partial charge is 0.444 e. The van der Waals surface area contributed by atoms with Crippen molar-refractivity contribution in [2.75, 3.05) is 31.9 Å². The molecule has 1 saturated carbocycles. The van der Waals surface area contributed by atoms with E-state index < -0.39 is 22.8 Å². The van der Waals surface area contributed by atoms with E-state index >= 15 is 0 Å². The van der Waals surface area contributed by atoms with Crippen molar-refractivity contribution in [2.45, 2.75) is 102 Å². The first kappa shape index (κ1) is 30.4. The third kappa shape index (κ3) is 7.38. The highest BCUT2D eigenvalue weighted by Crippen LogP contribution is 2.47. The van der Waals surface area contributed by atoms with Gasteiger partial charge in [0.05, 0.1) is 11.9 Å². The number of carbonyl (C=O) groups is 1. The van der Waals surface area contributed by atoms with Crippen LogP contribution in [0.15, 0.2) is 18.6 Å². The number of hydrogen-bond acceptors (Lipinski definition) is 8. The van der Waals surface area contributed by atoms with Gasteiger partial charge in [0.1, 0.15) is 23.4 Å². The highest BCUT2D eigenvalue weighted by molar-refractivity contribution is 5.86. The number of rotatable bonds is 3. The molecule has 2 aliphatic heterocycles. The van der Waals surface area contributed by atoms with Gasteiger partial charge in [-0.2, -0.15) is 0 Å². The van der Waals surface area contributed by atoms with Crippen LogP contribution in [0.2, 0.25) is 0 Å². The molecule has 4 N–H and O–H groups in total. The van der Waals surface area contributed by atoms with Gasteiger partial charge in [-0.3, -0.25) is 4.90 Å². The number of aliphatic hydroxyl groups is 2. The van der Waals surface area contributed by atoms with Gasteiger partial charge in [0.2, 0.25) is 0 Å². The van der Waals surface area contributed by atoms with Gasteiger partial charge in [-0.05, 0) is 78.7 Å². The SMILES string of the molecule is CC(C)(C)OC(=O)N1CCC2(CC1)CC(F)(F)CN2C[C@@H]1CC[C@H](n2ccc3c(N)ncnc32)C1.CC(C)(O)O. The van der Waals surface area contributed by atoms with Crippen LogP contribution in [0.3, 0.4) is 0 Å². The number of likely N-dealkylation sites (tertiary alicyclic amines) is 2. The lowest BCUT2D eigenvalue weighted by atomic mass is 9.84. The van der Waals surface area contributed by atoms with Crippen molar-refractivity contribution < 1.29 is 28.5 Å². The van der Waals surface area contributed by atoms with Gasteiger partial charge >= 0.3 is 6.09 Å². The number of fused-ring (bicyclic) bond motifs is 1. The van der Waals surface area contributed by atoms with Crippen molar-refractivity contribution in [2.24, 2.45) is 5.92 Å². The standard InChI is InChI=1S/C25H36F2N6O2.C3H8O2/c1-23(2,3)35-22(34)31-10-7-24(8-11-31)14-25(26,27)15-32(24)13-17-4-5-18(12-17)33-9-6-19-20(28)29-16-30-21(19)33;1-3(2,4)5/h6,9,16-18H,4-5,7-8,10-15H2,1-3H3,(H2,28,29,30);4-5H,1-2H3/t17-,18+;/m1./s1. The summed E-state index contributed by atoms with van der Waals surface area (Å²) in [5.74, 6) is -3.38. The van der Waals surface area contributed by atoms with Gasteiger partial charge in [-0.1, -0.05) is 0 Å². The Hall–Kier alpha value is -2.57. The predicted molar refractivity (Wildman–Crippen MR) is 148 cm³/mol. The van der Waals surface area contributed by atoms with E-state index in [-0.39, 0.29) is 25.1 Å². The maximum absolute atomic E-state index is 14.7.